The molecule has 0 rings (SSSR count). The van der Waals surface area contributed by atoms with Gasteiger partial charge in [-0.1, -0.05) is 41.5 Å². The number of ether oxygens (including phenoxy) is 1. The first-order valence-electron chi connectivity index (χ1n) is 9.13. The van der Waals surface area contributed by atoms with Gasteiger partial charge in [0, 0.05) is 17.6 Å². The minimum atomic E-state index is -0.253. The fraction of sp³-hybridized carbons (Fsp3) is 0.950. The molecule has 0 saturated carbocycles. The van der Waals surface area contributed by atoms with Crippen LogP contribution in [0, 0.1) is 10.8 Å². The summed E-state index contributed by atoms with van der Waals surface area (Å²) in [7, 11) is 1.98. The highest BCUT2D eigenvalue weighted by Gasteiger charge is 2.33. The maximum absolute atomic E-state index is 11.7. The number of nitrogens with one attached hydrogen (secondary N) is 1. The van der Waals surface area contributed by atoms with Crippen molar-refractivity contribution in [3.8, 4) is 0 Å². The van der Waals surface area contributed by atoms with Gasteiger partial charge in [0.2, 0.25) is 0 Å². The van der Waals surface area contributed by atoms with Crippen molar-refractivity contribution in [1.82, 2.24) is 5.32 Å². The molecule has 0 aromatic carbocycles. The number of Topliss-reactive ketones (excluding diaryl/α,β-unsaturated/α-hetero) is 1. The van der Waals surface area contributed by atoms with Crippen LogP contribution in [0.3, 0.4) is 0 Å². The van der Waals surface area contributed by atoms with Gasteiger partial charge in [0.15, 0.2) is 0 Å². The fourth-order valence-corrected chi connectivity index (χ4v) is 2.87. The SMILES string of the molecule is CC.CNC(C)(C)CCOC(C)CC(C)(C)CC(C)(C)C(C)=O. The zero-order valence-electron chi connectivity index (χ0n) is 17.7. The van der Waals surface area contributed by atoms with Gasteiger partial charge in [-0.25, -0.2) is 0 Å². The quantitative estimate of drug-likeness (QED) is 0.596. The Balaban J connectivity index is 0. The van der Waals surface area contributed by atoms with E-state index in [1.54, 1.807) is 6.92 Å². The summed E-state index contributed by atoms with van der Waals surface area (Å²) in [5.41, 5.74) is -0.0314. The van der Waals surface area contributed by atoms with Crippen LogP contribution >= 0.6 is 0 Å². The lowest BCUT2D eigenvalue weighted by Crippen LogP contribution is -2.37. The lowest BCUT2D eigenvalue weighted by atomic mass is 9.71. The molecule has 0 fully saturated rings. The van der Waals surface area contributed by atoms with Crippen LogP contribution in [0.25, 0.3) is 0 Å². The molecule has 0 aliphatic carbocycles. The molecule has 1 N–H and O–H groups in total. The summed E-state index contributed by atoms with van der Waals surface area (Å²) in [5.74, 6) is 0.264. The predicted molar refractivity (Wildman–Crippen MR) is 102 cm³/mol. The first kappa shape index (κ1) is 24.8. The lowest BCUT2D eigenvalue weighted by Gasteiger charge is -2.35. The summed E-state index contributed by atoms with van der Waals surface area (Å²) in [4.78, 5) is 11.7. The minimum absolute atomic E-state index is 0.104. The van der Waals surface area contributed by atoms with Crippen molar-refractivity contribution in [3.63, 3.8) is 0 Å². The Hall–Kier alpha value is -0.410. The summed E-state index contributed by atoms with van der Waals surface area (Å²) in [6, 6.07) is 0. The number of hydrogen-bond donors (Lipinski definition) is 1. The van der Waals surface area contributed by atoms with Gasteiger partial charge in [0.05, 0.1) is 6.10 Å². The molecule has 140 valence electrons. The summed E-state index contributed by atoms with van der Waals surface area (Å²) in [6.07, 6.45) is 3.08. The Morgan fingerprint density at radius 3 is 1.96 bits per heavy atom. The molecule has 0 saturated heterocycles. The molecule has 0 amide bonds. The van der Waals surface area contributed by atoms with E-state index in [1.165, 1.54) is 0 Å². The third-order valence-corrected chi connectivity index (χ3v) is 4.52. The van der Waals surface area contributed by atoms with Crippen molar-refractivity contribution in [2.24, 2.45) is 10.8 Å². The molecular formula is C20H43NO2. The minimum Gasteiger partial charge on any atom is -0.378 e. The van der Waals surface area contributed by atoms with Gasteiger partial charge in [0.1, 0.15) is 5.78 Å². The molecule has 23 heavy (non-hydrogen) atoms. The molecular weight excluding hydrogens is 286 g/mol. The third kappa shape index (κ3) is 11.7. The fourth-order valence-electron chi connectivity index (χ4n) is 2.87. The summed E-state index contributed by atoms with van der Waals surface area (Å²) < 4.78 is 5.97. The van der Waals surface area contributed by atoms with E-state index in [1.807, 2.05) is 34.7 Å². The van der Waals surface area contributed by atoms with Crippen LogP contribution in [-0.4, -0.2) is 31.1 Å². The number of ketones is 1. The van der Waals surface area contributed by atoms with Crippen LogP contribution in [0.4, 0.5) is 0 Å². The van der Waals surface area contributed by atoms with Crippen LogP contribution in [-0.2, 0) is 9.53 Å². The van der Waals surface area contributed by atoms with E-state index in [4.69, 9.17) is 4.74 Å². The first-order valence-corrected chi connectivity index (χ1v) is 9.13. The first-order chi connectivity index (χ1) is 10.3. The third-order valence-electron chi connectivity index (χ3n) is 4.52. The van der Waals surface area contributed by atoms with E-state index in [0.29, 0.717) is 0 Å². The van der Waals surface area contributed by atoms with Crippen LogP contribution in [0.5, 0.6) is 0 Å². The van der Waals surface area contributed by atoms with Gasteiger partial charge < -0.3 is 10.1 Å². The highest BCUT2D eigenvalue weighted by molar-refractivity contribution is 5.81. The molecule has 0 heterocycles. The Kier molecular flexibility index (Phi) is 11.3. The summed E-state index contributed by atoms with van der Waals surface area (Å²) in [6.45, 7) is 21.5. The second-order valence-electron chi connectivity index (χ2n) is 8.55. The van der Waals surface area contributed by atoms with Crippen LogP contribution in [0.15, 0.2) is 0 Å². The largest absolute Gasteiger partial charge is 0.378 e. The second kappa shape index (κ2) is 10.5. The van der Waals surface area contributed by atoms with Crippen LogP contribution in [0.1, 0.15) is 88.5 Å². The van der Waals surface area contributed by atoms with Crippen molar-refractivity contribution in [2.75, 3.05) is 13.7 Å². The standard InChI is InChI=1S/C18H37NO2.C2H6/c1-14(21-11-10-18(7,8)19-9)12-16(3,4)13-17(5,6)15(2)20;1-2/h14,19H,10-13H2,1-9H3;1-2H3. The van der Waals surface area contributed by atoms with Gasteiger partial charge in [-0.15, -0.1) is 0 Å². The number of hydrogen-bond acceptors (Lipinski definition) is 3. The topological polar surface area (TPSA) is 38.3 Å². The Labute approximate surface area is 146 Å². The zero-order valence-corrected chi connectivity index (χ0v) is 17.7. The monoisotopic (exact) mass is 329 g/mol. The van der Waals surface area contributed by atoms with Crippen LogP contribution in [0.2, 0.25) is 0 Å². The lowest BCUT2D eigenvalue weighted by molar-refractivity contribution is -0.126. The average molecular weight is 330 g/mol. The smallest absolute Gasteiger partial charge is 0.135 e. The maximum Gasteiger partial charge on any atom is 0.135 e. The number of carbonyl (C=O) groups is 1. The van der Waals surface area contributed by atoms with Crippen molar-refractivity contribution < 1.29 is 9.53 Å². The predicted octanol–water partition coefficient (Wildman–Crippen LogP) is 5.23. The van der Waals surface area contributed by atoms with E-state index in [-0.39, 0.29) is 28.3 Å². The molecule has 0 aliphatic rings. The van der Waals surface area contributed by atoms with Crippen molar-refractivity contribution >= 4 is 5.78 Å². The molecule has 3 heteroatoms. The van der Waals surface area contributed by atoms with E-state index in [0.717, 1.165) is 25.9 Å². The zero-order chi connectivity index (χ0) is 18.9. The summed E-state index contributed by atoms with van der Waals surface area (Å²) in [5, 5.41) is 3.29. The molecule has 0 bridgehead atoms. The Bertz CT molecular complexity index is 333. The summed E-state index contributed by atoms with van der Waals surface area (Å²) >= 11 is 0. The van der Waals surface area contributed by atoms with Crippen molar-refractivity contribution in [3.05, 3.63) is 0 Å². The van der Waals surface area contributed by atoms with Crippen molar-refractivity contribution in [2.45, 2.75) is 100 Å². The van der Waals surface area contributed by atoms with Gasteiger partial charge in [-0.3, -0.25) is 4.79 Å². The Morgan fingerprint density at radius 1 is 1.09 bits per heavy atom. The van der Waals surface area contributed by atoms with E-state index < -0.39 is 0 Å². The second-order valence-corrected chi connectivity index (χ2v) is 8.55. The van der Waals surface area contributed by atoms with Gasteiger partial charge in [-0.2, -0.15) is 0 Å². The normalized spacial score (nSPS) is 14.0. The number of rotatable bonds is 10. The van der Waals surface area contributed by atoms with E-state index >= 15 is 0 Å². The van der Waals surface area contributed by atoms with Crippen molar-refractivity contribution in [1.29, 1.82) is 0 Å². The van der Waals surface area contributed by atoms with E-state index in [2.05, 4.69) is 39.9 Å². The van der Waals surface area contributed by atoms with Gasteiger partial charge in [0.25, 0.3) is 0 Å². The molecule has 0 spiro atoms. The van der Waals surface area contributed by atoms with Crippen LogP contribution < -0.4 is 5.32 Å². The highest BCUT2D eigenvalue weighted by atomic mass is 16.5. The molecule has 1 atom stereocenters. The number of carbonyl (C=O) groups excluding carboxylic acids is 1. The molecule has 0 aliphatic heterocycles. The van der Waals surface area contributed by atoms with Gasteiger partial charge >= 0.3 is 0 Å². The maximum atomic E-state index is 11.7. The molecule has 0 aromatic rings. The molecule has 0 radical (unpaired) electrons. The molecule has 1 unspecified atom stereocenters. The molecule has 0 aromatic heterocycles. The average Bonchev–Trinajstić information content (AvgIpc) is 2.38. The highest BCUT2D eigenvalue weighted by Crippen LogP contribution is 2.38. The van der Waals surface area contributed by atoms with Gasteiger partial charge in [-0.05, 0) is 59.4 Å². The van der Waals surface area contributed by atoms with E-state index in [9.17, 15) is 4.79 Å². The Morgan fingerprint density at radius 2 is 1.57 bits per heavy atom. The molecule has 3 nitrogen and oxygen atoms in total.